The van der Waals surface area contributed by atoms with Gasteiger partial charge in [0.15, 0.2) is 0 Å². The molecule has 1 heterocycles. The van der Waals surface area contributed by atoms with Crippen molar-refractivity contribution < 1.29 is 14.7 Å². The number of aromatic nitrogens is 1. The molecular formula is C15H18N2O3. The second-order valence-corrected chi connectivity index (χ2v) is 4.78. The van der Waals surface area contributed by atoms with E-state index < -0.39 is 11.9 Å². The van der Waals surface area contributed by atoms with Crippen LogP contribution < -0.4 is 5.32 Å². The van der Waals surface area contributed by atoms with Crippen molar-refractivity contribution in [2.45, 2.75) is 19.8 Å². The molecule has 0 radical (unpaired) electrons. The molecule has 5 nitrogen and oxygen atoms in total. The van der Waals surface area contributed by atoms with E-state index in [0.29, 0.717) is 6.42 Å². The summed E-state index contributed by atoms with van der Waals surface area (Å²) in [5, 5.41) is 12.6. The van der Waals surface area contributed by atoms with Crippen molar-refractivity contribution in [1.82, 2.24) is 10.3 Å². The minimum absolute atomic E-state index is 0.158. The maximum Gasteiger partial charge on any atom is 0.308 e. The number of benzene rings is 1. The zero-order valence-electron chi connectivity index (χ0n) is 11.3. The second-order valence-electron chi connectivity index (χ2n) is 4.78. The molecule has 106 valence electrons. The summed E-state index contributed by atoms with van der Waals surface area (Å²) in [4.78, 5) is 25.9. The van der Waals surface area contributed by atoms with E-state index in [1.807, 2.05) is 30.5 Å². The van der Waals surface area contributed by atoms with E-state index in [2.05, 4.69) is 10.3 Å². The lowest BCUT2D eigenvalue weighted by Crippen LogP contribution is -2.33. The van der Waals surface area contributed by atoms with Gasteiger partial charge >= 0.3 is 5.97 Å². The lowest BCUT2D eigenvalue weighted by Gasteiger charge is -2.10. The van der Waals surface area contributed by atoms with Crippen LogP contribution in [0.1, 0.15) is 18.9 Å². The Kier molecular flexibility index (Phi) is 4.40. The maximum atomic E-state index is 11.9. The number of fused-ring (bicyclic) bond motifs is 1. The number of rotatable bonds is 6. The maximum absolute atomic E-state index is 11.9. The Morgan fingerprint density at radius 1 is 1.35 bits per heavy atom. The molecule has 0 bridgehead atoms. The van der Waals surface area contributed by atoms with Crippen molar-refractivity contribution in [3.63, 3.8) is 0 Å². The molecule has 2 aromatic rings. The molecule has 0 aliphatic carbocycles. The van der Waals surface area contributed by atoms with Crippen LogP contribution in [0.5, 0.6) is 0 Å². The number of H-pyrrole nitrogens is 1. The second kappa shape index (κ2) is 6.23. The highest BCUT2D eigenvalue weighted by molar-refractivity contribution is 5.89. The first-order valence-corrected chi connectivity index (χ1v) is 6.66. The molecule has 0 saturated carbocycles. The summed E-state index contributed by atoms with van der Waals surface area (Å²) in [5.41, 5.74) is 1.91. The molecule has 0 fully saturated rings. The molecule has 1 aromatic carbocycles. The molecule has 1 atom stereocenters. The quantitative estimate of drug-likeness (QED) is 0.752. The number of carbonyl (C=O) groups is 2. The lowest BCUT2D eigenvalue weighted by molar-refractivity contribution is -0.141. The summed E-state index contributed by atoms with van der Waals surface area (Å²) in [6.45, 7) is 1.97. The average Bonchev–Trinajstić information content (AvgIpc) is 2.82. The summed E-state index contributed by atoms with van der Waals surface area (Å²) in [6.07, 6.45) is 2.57. The normalized spacial score (nSPS) is 12.2. The molecule has 0 spiro atoms. The van der Waals surface area contributed by atoms with Crippen LogP contribution >= 0.6 is 0 Å². The molecule has 20 heavy (non-hydrogen) atoms. The van der Waals surface area contributed by atoms with Crippen LogP contribution in [0.15, 0.2) is 30.5 Å². The summed E-state index contributed by atoms with van der Waals surface area (Å²) in [5.74, 6) is -1.56. The number of hydrogen-bond acceptors (Lipinski definition) is 2. The van der Waals surface area contributed by atoms with Crippen LogP contribution in [-0.2, 0) is 16.0 Å². The fourth-order valence-electron chi connectivity index (χ4n) is 2.16. The van der Waals surface area contributed by atoms with Crippen molar-refractivity contribution in [2.75, 3.05) is 6.54 Å². The predicted molar refractivity (Wildman–Crippen MR) is 76.4 cm³/mol. The molecule has 1 amide bonds. The van der Waals surface area contributed by atoms with Crippen LogP contribution in [0.25, 0.3) is 10.9 Å². The Bertz CT molecular complexity index is 618. The highest BCUT2D eigenvalue weighted by Gasteiger charge is 2.16. The van der Waals surface area contributed by atoms with E-state index in [0.717, 1.165) is 16.5 Å². The van der Waals surface area contributed by atoms with E-state index in [4.69, 9.17) is 5.11 Å². The number of amides is 1. The highest BCUT2D eigenvalue weighted by Crippen LogP contribution is 2.17. The molecule has 3 N–H and O–H groups in total. The molecular weight excluding hydrogens is 256 g/mol. The fraction of sp³-hybridized carbons (Fsp3) is 0.333. The van der Waals surface area contributed by atoms with Gasteiger partial charge in [-0.2, -0.15) is 0 Å². The number of carboxylic acids is 1. The average molecular weight is 274 g/mol. The molecule has 0 saturated heterocycles. The number of hydrogen-bond donors (Lipinski definition) is 3. The Labute approximate surface area is 117 Å². The molecule has 1 aromatic heterocycles. The van der Waals surface area contributed by atoms with Gasteiger partial charge in [0.1, 0.15) is 0 Å². The zero-order chi connectivity index (χ0) is 14.5. The van der Waals surface area contributed by atoms with E-state index in [-0.39, 0.29) is 18.9 Å². The third kappa shape index (κ3) is 3.17. The van der Waals surface area contributed by atoms with Crippen LogP contribution in [-0.4, -0.2) is 28.5 Å². The number of aliphatic carboxylic acids is 1. The monoisotopic (exact) mass is 274 g/mol. The van der Waals surface area contributed by atoms with Crippen LogP contribution in [0, 0.1) is 5.92 Å². The van der Waals surface area contributed by atoms with Gasteiger partial charge in [0, 0.05) is 23.6 Å². The van der Waals surface area contributed by atoms with Gasteiger partial charge in [-0.15, -0.1) is 0 Å². The van der Waals surface area contributed by atoms with E-state index in [1.54, 1.807) is 6.92 Å². The van der Waals surface area contributed by atoms with E-state index >= 15 is 0 Å². The molecule has 1 unspecified atom stereocenters. The fourth-order valence-corrected chi connectivity index (χ4v) is 2.16. The largest absolute Gasteiger partial charge is 0.481 e. The van der Waals surface area contributed by atoms with Crippen LogP contribution in [0.2, 0.25) is 0 Å². The van der Waals surface area contributed by atoms with Gasteiger partial charge in [0.25, 0.3) is 0 Å². The number of carbonyl (C=O) groups excluding carboxylic acids is 1. The third-order valence-electron chi connectivity index (χ3n) is 3.41. The van der Waals surface area contributed by atoms with Crippen molar-refractivity contribution in [1.29, 1.82) is 0 Å². The van der Waals surface area contributed by atoms with Gasteiger partial charge < -0.3 is 15.4 Å². The molecule has 2 rings (SSSR count). The number of nitrogens with one attached hydrogen (secondary N) is 2. The van der Waals surface area contributed by atoms with Crippen molar-refractivity contribution in [3.8, 4) is 0 Å². The minimum atomic E-state index is -0.875. The first-order chi connectivity index (χ1) is 9.61. The van der Waals surface area contributed by atoms with Gasteiger partial charge in [-0.1, -0.05) is 25.1 Å². The topological polar surface area (TPSA) is 82.2 Å². The number of aromatic amines is 1. The summed E-state index contributed by atoms with van der Waals surface area (Å²) < 4.78 is 0. The summed E-state index contributed by atoms with van der Waals surface area (Å²) in [7, 11) is 0. The predicted octanol–water partition coefficient (Wildman–Crippen LogP) is 1.94. The van der Waals surface area contributed by atoms with Crippen molar-refractivity contribution in [3.05, 3.63) is 36.0 Å². The summed E-state index contributed by atoms with van der Waals surface area (Å²) >= 11 is 0. The van der Waals surface area contributed by atoms with Gasteiger partial charge in [-0.05, 0) is 18.1 Å². The SMILES string of the molecule is CCC(CNC(=O)Cc1c[nH]c2ccccc12)C(=O)O. The van der Waals surface area contributed by atoms with E-state index in [9.17, 15) is 9.59 Å². The lowest BCUT2D eigenvalue weighted by atomic mass is 10.1. The Morgan fingerprint density at radius 3 is 2.80 bits per heavy atom. The van der Waals surface area contributed by atoms with E-state index in [1.165, 1.54) is 0 Å². The Hall–Kier alpha value is -2.30. The van der Waals surface area contributed by atoms with Gasteiger partial charge in [-0.25, -0.2) is 0 Å². The Balaban J connectivity index is 1.96. The summed E-state index contributed by atoms with van der Waals surface area (Å²) in [6, 6.07) is 7.77. The standard InChI is InChI=1S/C15H18N2O3/c1-2-10(15(19)20)8-17-14(18)7-11-9-16-13-6-4-3-5-12(11)13/h3-6,9-10,16H,2,7-8H2,1H3,(H,17,18)(H,19,20). The zero-order valence-corrected chi connectivity index (χ0v) is 11.3. The molecule has 5 heteroatoms. The minimum Gasteiger partial charge on any atom is -0.481 e. The smallest absolute Gasteiger partial charge is 0.308 e. The first-order valence-electron chi connectivity index (χ1n) is 6.66. The van der Waals surface area contributed by atoms with Crippen molar-refractivity contribution in [2.24, 2.45) is 5.92 Å². The van der Waals surface area contributed by atoms with Crippen molar-refractivity contribution >= 4 is 22.8 Å². The third-order valence-corrected chi connectivity index (χ3v) is 3.41. The molecule has 0 aliphatic rings. The first kappa shape index (κ1) is 14.1. The van der Waals surface area contributed by atoms with Crippen LogP contribution in [0.3, 0.4) is 0 Å². The number of carboxylic acid groups (broad SMARTS) is 1. The molecule has 0 aliphatic heterocycles. The highest BCUT2D eigenvalue weighted by atomic mass is 16.4. The Morgan fingerprint density at radius 2 is 2.10 bits per heavy atom. The van der Waals surface area contributed by atoms with Crippen LogP contribution in [0.4, 0.5) is 0 Å². The van der Waals surface area contributed by atoms with Gasteiger partial charge in [0.05, 0.1) is 12.3 Å². The van der Waals surface area contributed by atoms with Gasteiger partial charge in [0.2, 0.25) is 5.91 Å². The number of para-hydroxylation sites is 1. The van der Waals surface area contributed by atoms with Gasteiger partial charge in [-0.3, -0.25) is 9.59 Å².